The van der Waals surface area contributed by atoms with Crippen LogP contribution in [-0.4, -0.2) is 24.6 Å². The molecule has 1 aromatic heterocycles. The zero-order chi connectivity index (χ0) is 19.6. The number of carbonyl (C=O) groups is 1. The third-order valence-corrected chi connectivity index (χ3v) is 4.96. The Kier molecular flexibility index (Phi) is 5.51. The summed E-state index contributed by atoms with van der Waals surface area (Å²) in [5.74, 6) is 1.37. The van der Waals surface area contributed by atoms with Crippen LogP contribution in [0.5, 0.6) is 11.5 Å². The van der Waals surface area contributed by atoms with E-state index < -0.39 is 0 Å². The van der Waals surface area contributed by atoms with Crippen molar-refractivity contribution in [2.75, 3.05) is 24.8 Å². The van der Waals surface area contributed by atoms with Crippen LogP contribution in [0.15, 0.2) is 30.3 Å². The van der Waals surface area contributed by atoms with E-state index in [0.717, 1.165) is 21.6 Å². The Morgan fingerprint density at radius 3 is 2.74 bits per heavy atom. The van der Waals surface area contributed by atoms with Crippen LogP contribution in [0.1, 0.15) is 30.9 Å². The number of thiazole rings is 1. The van der Waals surface area contributed by atoms with E-state index in [2.05, 4.69) is 24.1 Å². The van der Waals surface area contributed by atoms with Crippen molar-refractivity contribution in [3.63, 3.8) is 0 Å². The Morgan fingerprint density at radius 1 is 1.26 bits per heavy atom. The van der Waals surface area contributed by atoms with Crippen molar-refractivity contribution < 1.29 is 14.3 Å². The fourth-order valence-corrected chi connectivity index (χ4v) is 3.62. The molecule has 0 aliphatic carbocycles. The molecule has 142 valence electrons. The highest BCUT2D eigenvalue weighted by molar-refractivity contribution is 7.22. The van der Waals surface area contributed by atoms with Crippen LogP contribution in [0.3, 0.4) is 0 Å². The zero-order valence-corrected chi connectivity index (χ0v) is 16.6. The largest absolute Gasteiger partial charge is 0.494 e. The molecule has 2 aromatic carbocycles. The van der Waals surface area contributed by atoms with Gasteiger partial charge in [-0.3, -0.25) is 4.79 Å². The Morgan fingerprint density at radius 2 is 2.04 bits per heavy atom. The smallest absolute Gasteiger partial charge is 0.262 e. The first-order valence-corrected chi connectivity index (χ1v) is 9.46. The number of nitrogens with two attached hydrogens (primary N) is 1. The predicted octanol–water partition coefficient (Wildman–Crippen LogP) is 4.34. The summed E-state index contributed by atoms with van der Waals surface area (Å²) in [6.07, 6.45) is 0. The molecule has 3 rings (SSSR count). The van der Waals surface area contributed by atoms with Gasteiger partial charge in [0.15, 0.2) is 11.7 Å². The SMILES string of the molecule is COc1cc(NC(=O)COc2cc(C)ccc2C(C)C)cc2sc(N)nc12. The highest BCUT2D eigenvalue weighted by Crippen LogP contribution is 2.34. The van der Waals surface area contributed by atoms with Crippen molar-refractivity contribution in [1.29, 1.82) is 0 Å². The van der Waals surface area contributed by atoms with Gasteiger partial charge in [-0.2, -0.15) is 0 Å². The van der Waals surface area contributed by atoms with Gasteiger partial charge in [0.05, 0.1) is 11.8 Å². The van der Waals surface area contributed by atoms with Crippen molar-refractivity contribution in [3.05, 3.63) is 41.5 Å². The van der Waals surface area contributed by atoms with E-state index in [1.165, 1.54) is 11.3 Å². The summed E-state index contributed by atoms with van der Waals surface area (Å²) in [5.41, 5.74) is 9.25. The third kappa shape index (κ3) is 4.31. The standard InChI is InChI=1S/C20H23N3O3S/c1-11(2)14-6-5-12(3)7-15(14)26-10-18(24)22-13-8-16(25-4)19-17(9-13)27-20(21)23-19/h5-9,11H,10H2,1-4H3,(H2,21,23)(H,22,24). The number of aromatic nitrogens is 1. The van der Waals surface area contributed by atoms with Gasteiger partial charge in [-0.1, -0.05) is 37.3 Å². The lowest BCUT2D eigenvalue weighted by Crippen LogP contribution is -2.20. The van der Waals surface area contributed by atoms with E-state index in [4.69, 9.17) is 15.2 Å². The predicted molar refractivity (Wildman–Crippen MR) is 110 cm³/mol. The van der Waals surface area contributed by atoms with Crippen LogP contribution >= 0.6 is 11.3 Å². The fraction of sp³-hybridized carbons (Fsp3) is 0.300. The minimum atomic E-state index is -0.245. The van der Waals surface area contributed by atoms with E-state index in [1.54, 1.807) is 13.2 Å². The summed E-state index contributed by atoms with van der Waals surface area (Å²) in [4.78, 5) is 16.6. The maximum atomic E-state index is 12.4. The first kappa shape index (κ1) is 19.0. The van der Waals surface area contributed by atoms with Gasteiger partial charge in [-0.05, 0) is 36.1 Å². The number of benzene rings is 2. The van der Waals surface area contributed by atoms with Crippen molar-refractivity contribution in [2.45, 2.75) is 26.7 Å². The van der Waals surface area contributed by atoms with Gasteiger partial charge in [-0.25, -0.2) is 4.98 Å². The number of nitrogens with zero attached hydrogens (tertiary/aromatic N) is 1. The topological polar surface area (TPSA) is 86.5 Å². The summed E-state index contributed by atoms with van der Waals surface area (Å²) in [6.45, 7) is 6.12. The summed E-state index contributed by atoms with van der Waals surface area (Å²) >= 11 is 1.34. The number of amides is 1. The molecule has 0 unspecified atom stereocenters. The van der Waals surface area contributed by atoms with Gasteiger partial charge >= 0.3 is 0 Å². The normalized spacial score (nSPS) is 11.0. The molecular weight excluding hydrogens is 362 g/mol. The second-order valence-electron chi connectivity index (χ2n) is 6.61. The summed E-state index contributed by atoms with van der Waals surface area (Å²) < 4.78 is 12.0. The van der Waals surface area contributed by atoms with Crippen LogP contribution in [0.4, 0.5) is 10.8 Å². The number of hydrogen-bond donors (Lipinski definition) is 2. The molecule has 0 saturated carbocycles. The van der Waals surface area contributed by atoms with Gasteiger partial charge in [-0.15, -0.1) is 0 Å². The molecule has 0 atom stereocenters. The number of methoxy groups -OCH3 is 1. The molecule has 0 aliphatic heterocycles. The zero-order valence-electron chi connectivity index (χ0n) is 15.8. The third-order valence-electron chi connectivity index (χ3n) is 4.13. The molecular formula is C20H23N3O3S. The van der Waals surface area contributed by atoms with Gasteiger partial charge in [0.1, 0.15) is 17.0 Å². The Balaban J connectivity index is 1.73. The van der Waals surface area contributed by atoms with Crippen LogP contribution in [0, 0.1) is 6.92 Å². The number of hydrogen-bond acceptors (Lipinski definition) is 6. The van der Waals surface area contributed by atoms with E-state index >= 15 is 0 Å². The monoisotopic (exact) mass is 385 g/mol. The fourth-order valence-electron chi connectivity index (χ4n) is 2.83. The number of nitrogens with one attached hydrogen (secondary N) is 1. The Hall–Kier alpha value is -2.80. The average Bonchev–Trinajstić information content (AvgIpc) is 2.99. The molecule has 0 saturated heterocycles. The van der Waals surface area contributed by atoms with Gasteiger partial charge in [0, 0.05) is 11.8 Å². The van der Waals surface area contributed by atoms with Crippen molar-refractivity contribution in [3.8, 4) is 11.5 Å². The molecule has 3 N–H and O–H groups in total. The first-order chi connectivity index (χ1) is 12.9. The van der Waals surface area contributed by atoms with Gasteiger partial charge in [0.25, 0.3) is 5.91 Å². The lowest BCUT2D eigenvalue weighted by atomic mass is 10.0. The van der Waals surface area contributed by atoms with Crippen LogP contribution in [0.2, 0.25) is 0 Å². The Bertz CT molecular complexity index is 982. The highest BCUT2D eigenvalue weighted by Gasteiger charge is 2.13. The second-order valence-corrected chi connectivity index (χ2v) is 7.67. The number of anilines is 2. The molecule has 6 nitrogen and oxygen atoms in total. The maximum Gasteiger partial charge on any atom is 0.262 e. The molecule has 1 heterocycles. The number of carbonyl (C=O) groups excluding carboxylic acids is 1. The first-order valence-electron chi connectivity index (χ1n) is 8.64. The number of fused-ring (bicyclic) bond motifs is 1. The number of rotatable bonds is 6. The Labute approximate surface area is 162 Å². The summed E-state index contributed by atoms with van der Waals surface area (Å²) in [6, 6.07) is 9.60. The highest BCUT2D eigenvalue weighted by atomic mass is 32.1. The van der Waals surface area contributed by atoms with Crippen molar-refractivity contribution in [1.82, 2.24) is 4.98 Å². The van der Waals surface area contributed by atoms with Crippen molar-refractivity contribution >= 4 is 38.3 Å². The van der Waals surface area contributed by atoms with Gasteiger partial charge < -0.3 is 20.5 Å². The quantitative estimate of drug-likeness (QED) is 0.659. The van der Waals surface area contributed by atoms with E-state index in [9.17, 15) is 4.79 Å². The molecule has 27 heavy (non-hydrogen) atoms. The number of ether oxygens (including phenoxy) is 2. The van der Waals surface area contributed by atoms with Gasteiger partial charge in [0.2, 0.25) is 0 Å². The molecule has 1 amide bonds. The van der Waals surface area contributed by atoms with Crippen LogP contribution in [0.25, 0.3) is 10.2 Å². The summed E-state index contributed by atoms with van der Waals surface area (Å²) in [7, 11) is 1.56. The van der Waals surface area contributed by atoms with Crippen molar-refractivity contribution in [2.24, 2.45) is 0 Å². The lowest BCUT2D eigenvalue weighted by molar-refractivity contribution is -0.118. The van der Waals surface area contributed by atoms with E-state index in [1.807, 2.05) is 31.2 Å². The molecule has 3 aromatic rings. The molecule has 0 fully saturated rings. The van der Waals surface area contributed by atoms with E-state index in [-0.39, 0.29) is 12.5 Å². The number of aryl methyl sites for hydroxylation is 1. The van der Waals surface area contributed by atoms with Crippen LogP contribution in [-0.2, 0) is 4.79 Å². The molecule has 7 heteroatoms. The molecule has 0 bridgehead atoms. The second kappa shape index (κ2) is 7.84. The molecule has 0 aliphatic rings. The lowest BCUT2D eigenvalue weighted by Gasteiger charge is -2.15. The van der Waals surface area contributed by atoms with E-state index in [0.29, 0.717) is 28.0 Å². The average molecular weight is 385 g/mol. The van der Waals surface area contributed by atoms with Crippen LogP contribution < -0.4 is 20.5 Å². The molecule has 0 spiro atoms. The number of nitrogen functional groups attached to an aromatic ring is 1. The minimum absolute atomic E-state index is 0.0750. The summed E-state index contributed by atoms with van der Waals surface area (Å²) in [5, 5.41) is 3.30. The molecule has 0 radical (unpaired) electrons. The minimum Gasteiger partial charge on any atom is -0.494 e. The maximum absolute atomic E-state index is 12.4.